The van der Waals surface area contributed by atoms with E-state index in [-0.39, 0.29) is 0 Å². The molecular weight excluding hydrogens is 316 g/mol. The molecule has 2 aliphatic heterocycles. The van der Waals surface area contributed by atoms with Crippen molar-refractivity contribution in [1.29, 1.82) is 0 Å². The molecule has 0 aromatic carbocycles. The van der Waals surface area contributed by atoms with Crippen LogP contribution in [0.15, 0.2) is 11.1 Å². The summed E-state index contributed by atoms with van der Waals surface area (Å²) < 4.78 is 34.4. The van der Waals surface area contributed by atoms with E-state index in [2.05, 4.69) is 10.00 Å². The van der Waals surface area contributed by atoms with Crippen LogP contribution < -0.4 is 0 Å². The van der Waals surface area contributed by atoms with Gasteiger partial charge in [0.25, 0.3) is 0 Å². The van der Waals surface area contributed by atoms with Crippen LogP contribution in [0.5, 0.6) is 0 Å². The zero-order valence-corrected chi connectivity index (χ0v) is 14.8. The van der Waals surface area contributed by atoms with Gasteiger partial charge in [-0.05, 0) is 25.7 Å². The van der Waals surface area contributed by atoms with Crippen molar-refractivity contribution in [3.63, 3.8) is 0 Å². The highest BCUT2D eigenvalue weighted by molar-refractivity contribution is 7.89. The SMILES string of the molecule is Cc1nn(C)cc1S(=O)(=O)N1CCC[C@@H](CN2CCOCC2)C1. The smallest absolute Gasteiger partial charge is 0.246 e. The highest BCUT2D eigenvalue weighted by Crippen LogP contribution is 2.25. The van der Waals surface area contributed by atoms with Crippen LogP contribution in [0.4, 0.5) is 0 Å². The minimum atomic E-state index is -3.44. The van der Waals surface area contributed by atoms with Crippen molar-refractivity contribution >= 4 is 10.0 Å². The quantitative estimate of drug-likeness (QED) is 0.795. The zero-order valence-electron chi connectivity index (χ0n) is 13.9. The standard InChI is InChI=1S/C15H26N4O3S/c1-13-15(12-17(2)16-13)23(20,21)19-5-3-4-14(11-19)10-18-6-8-22-9-7-18/h12,14H,3-11H2,1-2H3/t14-/m0/s1. The first-order valence-corrected chi connectivity index (χ1v) is 9.71. The number of rotatable bonds is 4. The lowest BCUT2D eigenvalue weighted by molar-refractivity contribution is 0.0265. The van der Waals surface area contributed by atoms with E-state index in [0.717, 1.165) is 45.7 Å². The number of hydrogen-bond acceptors (Lipinski definition) is 5. The molecule has 1 aromatic heterocycles. The van der Waals surface area contributed by atoms with E-state index >= 15 is 0 Å². The van der Waals surface area contributed by atoms with Gasteiger partial charge in [-0.1, -0.05) is 0 Å². The fourth-order valence-electron chi connectivity index (χ4n) is 3.51. The minimum absolute atomic E-state index is 0.340. The van der Waals surface area contributed by atoms with E-state index in [1.807, 2.05) is 0 Å². The predicted molar refractivity (Wildman–Crippen MR) is 86.7 cm³/mol. The molecule has 0 amide bonds. The van der Waals surface area contributed by atoms with Gasteiger partial charge in [-0.3, -0.25) is 9.58 Å². The van der Waals surface area contributed by atoms with Gasteiger partial charge in [0, 0.05) is 46.0 Å². The third kappa shape index (κ3) is 3.76. The fourth-order valence-corrected chi connectivity index (χ4v) is 5.27. The van der Waals surface area contributed by atoms with Crippen molar-refractivity contribution < 1.29 is 13.2 Å². The Morgan fingerprint density at radius 1 is 1.30 bits per heavy atom. The Kier molecular flexibility index (Phi) is 5.05. The Morgan fingerprint density at radius 2 is 2.04 bits per heavy atom. The van der Waals surface area contributed by atoms with Gasteiger partial charge in [-0.2, -0.15) is 9.40 Å². The molecule has 0 spiro atoms. The average Bonchev–Trinajstić information content (AvgIpc) is 2.88. The van der Waals surface area contributed by atoms with Gasteiger partial charge in [-0.15, -0.1) is 0 Å². The molecule has 3 heterocycles. The largest absolute Gasteiger partial charge is 0.379 e. The number of ether oxygens (including phenoxy) is 1. The predicted octanol–water partition coefficient (Wildman–Crippen LogP) is 0.461. The number of sulfonamides is 1. The van der Waals surface area contributed by atoms with Gasteiger partial charge in [0.05, 0.1) is 18.9 Å². The number of morpholine rings is 1. The van der Waals surface area contributed by atoms with E-state index in [1.165, 1.54) is 0 Å². The molecule has 1 aromatic rings. The Balaban J connectivity index is 1.68. The molecule has 2 saturated heterocycles. The zero-order chi connectivity index (χ0) is 16.4. The summed E-state index contributed by atoms with van der Waals surface area (Å²) in [6.45, 7) is 7.39. The summed E-state index contributed by atoms with van der Waals surface area (Å²) >= 11 is 0. The number of hydrogen-bond donors (Lipinski definition) is 0. The van der Waals surface area contributed by atoms with Crippen molar-refractivity contribution in [2.24, 2.45) is 13.0 Å². The van der Waals surface area contributed by atoms with Crippen LogP contribution >= 0.6 is 0 Å². The van der Waals surface area contributed by atoms with E-state index in [4.69, 9.17) is 4.74 Å². The molecule has 23 heavy (non-hydrogen) atoms. The van der Waals surface area contributed by atoms with Crippen LogP contribution in [0.3, 0.4) is 0 Å². The van der Waals surface area contributed by atoms with Crippen molar-refractivity contribution in [2.75, 3.05) is 45.9 Å². The lowest BCUT2D eigenvalue weighted by Gasteiger charge is -2.36. The molecule has 0 radical (unpaired) electrons. The van der Waals surface area contributed by atoms with Gasteiger partial charge in [-0.25, -0.2) is 8.42 Å². The van der Waals surface area contributed by atoms with Gasteiger partial charge in [0.1, 0.15) is 4.90 Å². The lowest BCUT2D eigenvalue weighted by atomic mass is 9.99. The van der Waals surface area contributed by atoms with Crippen LogP contribution in [0.1, 0.15) is 18.5 Å². The monoisotopic (exact) mass is 342 g/mol. The molecule has 2 fully saturated rings. The minimum Gasteiger partial charge on any atom is -0.379 e. The maximum Gasteiger partial charge on any atom is 0.246 e. The first-order valence-electron chi connectivity index (χ1n) is 8.27. The average molecular weight is 342 g/mol. The Hall–Kier alpha value is -0.960. The second-order valence-electron chi connectivity index (χ2n) is 6.54. The van der Waals surface area contributed by atoms with Gasteiger partial charge >= 0.3 is 0 Å². The Morgan fingerprint density at radius 3 is 2.70 bits per heavy atom. The third-order valence-corrected chi connectivity index (χ3v) is 6.66. The van der Waals surface area contributed by atoms with Crippen LogP contribution in [-0.4, -0.2) is 73.3 Å². The van der Waals surface area contributed by atoms with E-state index in [0.29, 0.717) is 29.6 Å². The first-order chi connectivity index (χ1) is 11.0. The third-order valence-electron chi connectivity index (χ3n) is 4.69. The Bertz CT molecular complexity index is 637. The molecule has 0 saturated carbocycles. The van der Waals surface area contributed by atoms with Gasteiger partial charge in [0.15, 0.2) is 0 Å². The molecule has 130 valence electrons. The first kappa shape index (κ1) is 16.9. The summed E-state index contributed by atoms with van der Waals surface area (Å²) in [6, 6.07) is 0. The maximum absolute atomic E-state index is 12.9. The second kappa shape index (κ2) is 6.88. The molecular formula is C15H26N4O3S. The van der Waals surface area contributed by atoms with Crippen LogP contribution in [-0.2, 0) is 21.8 Å². The van der Waals surface area contributed by atoms with Crippen LogP contribution in [0.25, 0.3) is 0 Å². The summed E-state index contributed by atoms with van der Waals surface area (Å²) in [5, 5.41) is 4.17. The summed E-state index contributed by atoms with van der Waals surface area (Å²) in [5.41, 5.74) is 0.572. The van der Waals surface area contributed by atoms with Crippen molar-refractivity contribution in [2.45, 2.75) is 24.7 Å². The van der Waals surface area contributed by atoms with Crippen molar-refractivity contribution in [1.82, 2.24) is 19.0 Å². The normalized spacial score (nSPS) is 24.9. The van der Waals surface area contributed by atoms with Crippen LogP contribution in [0.2, 0.25) is 0 Å². The maximum atomic E-state index is 12.9. The summed E-state index contributed by atoms with van der Waals surface area (Å²) in [6.07, 6.45) is 3.62. The number of aromatic nitrogens is 2. The number of piperidine rings is 1. The molecule has 2 aliphatic rings. The van der Waals surface area contributed by atoms with Crippen LogP contribution in [0, 0.1) is 12.8 Å². The van der Waals surface area contributed by atoms with Crippen molar-refractivity contribution in [3.8, 4) is 0 Å². The van der Waals surface area contributed by atoms with E-state index in [9.17, 15) is 8.42 Å². The fraction of sp³-hybridized carbons (Fsp3) is 0.800. The lowest BCUT2D eigenvalue weighted by Crippen LogP contribution is -2.46. The molecule has 0 N–H and O–H groups in total. The number of nitrogens with zero attached hydrogens (tertiary/aromatic N) is 4. The highest BCUT2D eigenvalue weighted by Gasteiger charge is 2.33. The molecule has 0 aliphatic carbocycles. The molecule has 3 rings (SSSR count). The molecule has 0 unspecified atom stereocenters. The molecule has 8 heteroatoms. The molecule has 7 nitrogen and oxygen atoms in total. The molecule has 1 atom stereocenters. The summed E-state index contributed by atoms with van der Waals surface area (Å²) in [4.78, 5) is 2.73. The summed E-state index contributed by atoms with van der Waals surface area (Å²) in [7, 11) is -1.69. The number of aryl methyl sites for hydroxylation is 2. The van der Waals surface area contributed by atoms with E-state index < -0.39 is 10.0 Å². The van der Waals surface area contributed by atoms with Gasteiger partial charge in [0.2, 0.25) is 10.0 Å². The Labute approximate surface area is 138 Å². The topological polar surface area (TPSA) is 67.7 Å². The summed E-state index contributed by atoms with van der Waals surface area (Å²) in [5.74, 6) is 0.397. The second-order valence-corrected chi connectivity index (χ2v) is 8.44. The van der Waals surface area contributed by atoms with Crippen molar-refractivity contribution in [3.05, 3.63) is 11.9 Å². The highest BCUT2D eigenvalue weighted by atomic mass is 32.2. The van der Waals surface area contributed by atoms with Gasteiger partial charge < -0.3 is 4.74 Å². The molecule has 0 bridgehead atoms. The van der Waals surface area contributed by atoms with E-state index in [1.54, 1.807) is 29.2 Å².